The first kappa shape index (κ1) is 26.6. The van der Waals surface area contributed by atoms with E-state index in [1.165, 1.54) is 12.0 Å². The van der Waals surface area contributed by atoms with Gasteiger partial charge in [-0.25, -0.2) is 4.79 Å². The molecule has 0 amide bonds. The van der Waals surface area contributed by atoms with Gasteiger partial charge in [0.25, 0.3) is 0 Å². The molecule has 0 spiro atoms. The van der Waals surface area contributed by atoms with Gasteiger partial charge in [-0.3, -0.25) is 4.79 Å². The van der Waals surface area contributed by atoms with Gasteiger partial charge in [0.05, 0.1) is 26.9 Å². The summed E-state index contributed by atoms with van der Waals surface area (Å²) in [4.78, 5) is 28.7. The van der Waals surface area contributed by atoms with Crippen LogP contribution in [0.5, 0.6) is 17.2 Å². The first-order valence-corrected chi connectivity index (χ1v) is 13.6. The fourth-order valence-corrected chi connectivity index (χ4v) is 6.27. The molecule has 0 fully saturated rings. The van der Waals surface area contributed by atoms with Crippen LogP contribution in [-0.2, 0) is 20.9 Å². The standard InChI is InChI=1S/C31H31NO6S/c1-18-27(31(34)38-17-19-9-6-5-7-10-19)28(21-15-24(35-2)30(37-4)25(16-21)36-3)29-22(32-18)13-20(14-23(29)33)26-11-8-12-39-26/h5-12,15-16,20,28,32H,13-14,17H2,1-4H3/t20-,28-/m0/s1. The Morgan fingerprint density at radius 3 is 2.31 bits per heavy atom. The minimum absolute atomic E-state index is 0.00163. The molecule has 1 aromatic heterocycles. The van der Waals surface area contributed by atoms with Crippen LogP contribution >= 0.6 is 11.3 Å². The third kappa shape index (κ3) is 5.16. The number of dihydropyridines is 1. The van der Waals surface area contributed by atoms with Crippen molar-refractivity contribution in [3.8, 4) is 17.2 Å². The molecular weight excluding hydrogens is 514 g/mol. The minimum Gasteiger partial charge on any atom is -0.493 e. The van der Waals surface area contributed by atoms with E-state index in [1.54, 1.807) is 37.7 Å². The summed E-state index contributed by atoms with van der Waals surface area (Å²) in [5.74, 6) is 0.278. The topological polar surface area (TPSA) is 83.1 Å². The maximum Gasteiger partial charge on any atom is 0.337 e. The monoisotopic (exact) mass is 545 g/mol. The summed E-state index contributed by atoms with van der Waals surface area (Å²) in [7, 11) is 4.63. The summed E-state index contributed by atoms with van der Waals surface area (Å²) >= 11 is 1.66. The molecule has 2 aromatic carbocycles. The highest BCUT2D eigenvalue weighted by Crippen LogP contribution is 2.49. The Hall–Kier alpha value is -4.04. The lowest BCUT2D eigenvalue weighted by atomic mass is 9.72. The van der Waals surface area contributed by atoms with Crippen molar-refractivity contribution in [3.05, 3.63) is 98.5 Å². The number of hydrogen-bond donors (Lipinski definition) is 1. The molecule has 0 unspecified atom stereocenters. The van der Waals surface area contributed by atoms with E-state index in [9.17, 15) is 9.59 Å². The predicted octanol–water partition coefficient (Wildman–Crippen LogP) is 5.88. The lowest BCUT2D eigenvalue weighted by Crippen LogP contribution is -2.36. The summed E-state index contributed by atoms with van der Waals surface area (Å²) in [6.07, 6.45) is 1.04. The number of ketones is 1. The summed E-state index contributed by atoms with van der Waals surface area (Å²) in [6, 6.07) is 17.2. The van der Waals surface area contributed by atoms with E-state index in [-0.39, 0.29) is 18.3 Å². The predicted molar refractivity (Wildman–Crippen MR) is 149 cm³/mol. The SMILES string of the molecule is COc1cc([C@H]2C(C(=O)OCc3ccccc3)=C(C)NC3=C2C(=O)C[C@@H](c2cccs2)C3)cc(OC)c1OC. The van der Waals surface area contributed by atoms with E-state index in [0.717, 1.165) is 11.3 Å². The summed E-state index contributed by atoms with van der Waals surface area (Å²) in [5.41, 5.74) is 4.03. The van der Waals surface area contributed by atoms with Crippen LogP contribution < -0.4 is 19.5 Å². The van der Waals surface area contributed by atoms with Gasteiger partial charge in [-0.15, -0.1) is 11.3 Å². The van der Waals surface area contributed by atoms with Crippen LogP contribution in [0.2, 0.25) is 0 Å². The number of methoxy groups -OCH3 is 3. The molecule has 5 rings (SSSR count). The number of esters is 1. The second kappa shape index (κ2) is 11.4. The van der Waals surface area contributed by atoms with E-state index >= 15 is 0 Å². The van der Waals surface area contributed by atoms with Crippen LogP contribution in [0.25, 0.3) is 0 Å². The van der Waals surface area contributed by atoms with E-state index in [2.05, 4.69) is 11.4 Å². The van der Waals surface area contributed by atoms with E-state index in [0.29, 0.717) is 52.5 Å². The molecule has 1 aliphatic carbocycles. The van der Waals surface area contributed by atoms with Crippen LogP contribution in [-0.4, -0.2) is 33.1 Å². The lowest BCUT2D eigenvalue weighted by molar-refractivity contribution is -0.140. The molecule has 2 atom stereocenters. The average Bonchev–Trinajstić information content (AvgIpc) is 3.50. The zero-order chi connectivity index (χ0) is 27.5. The largest absolute Gasteiger partial charge is 0.493 e. The van der Waals surface area contributed by atoms with Crippen molar-refractivity contribution in [2.45, 2.75) is 38.2 Å². The Balaban J connectivity index is 1.60. The third-order valence-corrected chi connectivity index (χ3v) is 8.26. The van der Waals surface area contributed by atoms with Crippen molar-refractivity contribution >= 4 is 23.1 Å². The molecule has 1 N–H and O–H groups in total. The van der Waals surface area contributed by atoms with Crippen LogP contribution in [0.15, 0.2) is 82.5 Å². The number of carbonyl (C=O) groups excluding carboxylic acids is 2. The van der Waals surface area contributed by atoms with Crippen molar-refractivity contribution in [2.24, 2.45) is 0 Å². The van der Waals surface area contributed by atoms with Gasteiger partial charge >= 0.3 is 5.97 Å². The quantitative estimate of drug-likeness (QED) is 0.354. The zero-order valence-corrected chi connectivity index (χ0v) is 23.2. The summed E-state index contributed by atoms with van der Waals surface area (Å²) in [6.45, 7) is 1.98. The Morgan fingerprint density at radius 1 is 0.974 bits per heavy atom. The maximum absolute atomic E-state index is 13.8. The Bertz CT molecular complexity index is 1420. The fraction of sp³-hybridized carbons (Fsp3) is 0.290. The average molecular weight is 546 g/mol. The van der Waals surface area contributed by atoms with Gasteiger partial charge in [-0.2, -0.15) is 0 Å². The van der Waals surface area contributed by atoms with Crippen molar-refractivity contribution < 1.29 is 28.5 Å². The number of nitrogens with one attached hydrogen (secondary N) is 1. The van der Waals surface area contributed by atoms with Gasteiger partial charge in [0.2, 0.25) is 5.75 Å². The zero-order valence-electron chi connectivity index (χ0n) is 22.4. The molecule has 3 aromatic rings. The molecule has 7 nitrogen and oxygen atoms in total. The lowest BCUT2D eigenvalue weighted by Gasteiger charge is -2.36. The Morgan fingerprint density at radius 2 is 1.69 bits per heavy atom. The summed E-state index contributed by atoms with van der Waals surface area (Å²) < 4.78 is 22.5. The van der Waals surface area contributed by atoms with Crippen LogP contribution in [0, 0.1) is 0 Å². The third-order valence-electron chi connectivity index (χ3n) is 7.23. The second-order valence-corrected chi connectivity index (χ2v) is 10.5. The second-order valence-electron chi connectivity index (χ2n) is 9.55. The van der Waals surface area contributed by atoms with Gasteiger partial charge in [0.15, 0.2) is 17.3 Å². The van der Waals surface area contributed by atoms with Gasteiger partial charge in [-0.05, 0) is 48.1 Å². The molecule has 0 radical (unpaired) electrons. The summed E-state index contributed by atoms with van der Waals surface area (Å²) in [5, 5.41) is 5.43. The molecule has 39 heavy (non-hydrogen) atoms. The van der Waals surface area contributed by atoms with Crippen molar-refractivity contribution in [3.63, 3.8) is 0 Å². The maximum atomic E-state index is 13.8. The van der Waals surface area contributed by atoms with Gasteiger partial charge in [0, 0.05) is 40.1 Å². The number of Topliss-reactive ketones (excluding diaryl/α,β-unsaturated/α-hetero) is 1. The fourth-order valence-electron chi connectivity index (χ4n) is 5.44. The van der Waals surface area contributed by atoms with Crippen molar-refractivity contribution in [1.82, 2.24) is 5.32 Å². The molecule has 1 aliphatic heterocycles. The van der Waals surface area contributed by atoms with E-state index in [4.69, 9.17) is 18.9 Å². The van der Waals surface area contributed by atoms with Crippen LogP contribution in [0.1, 0.15) is 47.6 Å². The molecule has 202 valence electrons. The number of rotatable bonds is 8. The highest BCUT2D eigenvalue weighted by atomic mass is 32.1. The van der Waals surface area contributed by atoms with Crippen molar-refractivity contribution in [1.29, 1.82) is 0 Å². The van der Waals surface area contributed by atoms with E-state index < -0.39 is 11.9 Å². The normalized spacial score (nSPS) is 18.8. The number of carbonyl (C=O) groups is 2. The number of hydrogen-bond acceptors (Lipinski definition) is 8. The first-order valence-electron chi connectivity index (χ1n) is 12.7. The first-order chi connectivity index (χ1) is 18.9. The minimum atomic E-state index is -0.657. The molecule has 0 saturated carbocycles. The highest BCUT2D eigenvalue weighted by Gasteiger charge is 2.42. The molecule has 0 bridgehead atoms. The number of allylic oxidation sites excluding steroid dienone is 3. The van der Waals surface area contributed by atoms with Gasteiger partial charge < -0.3 is 24.3 Å². The van der Waals surface area contributed by atoms with Crippen LogP contribution in [0.4, 0.5) is 0 Å². The number of benzene rings is 2. The Kier molecular flexibility index (Phi) is 7.74. The Labute approximate surface area is 232 Å². The molecular formula is C31H31NO6S. The van der Waals surface area contributed by atoms with Gasteiger partial charge in [0.1, 0.15) is 6.61 Å². The highest BCUT2D eigenvalue weighted by molar-refractivity contribution is 7.10. The number of ether oxygens (including phenoxy) is 4. The van der Waals surface area contributed by atoms with Crippen molar-refractivity contribution in [2.75, 3.05) is 21.3 Å². The number of thiophene rings is 1. The van der Waals surface area contributed by atoms with Crippen LogP contribution in [0.3, 0.4) is 0 Å². The van der Waals surface area contributed by atoms with Gasteiger partial charge in [-0.1, -0.05) is 36.4 Å². The van der Waals surface area contributed by atoms with E-state index in [1.807, 2.05) is 48.7 Å². The smallest absolute Gasteiger partial charge is 0.337 e. The molecule has 8 heteroatoms. The molecule has 0 saturated heterocycles. The molecule has 2 heterocycles. The molecule has 2 aliphatic rings.